The highest BCUT2D eigenvalue weighted by molar-refractivity contribution is 7.81. The minimum absolute atomic E-state index is 0.0861. The van der Waals surface area contributed by atoms with E-state index in [1.807, 2.05) is 0 Å². The zero-order valence-electron chi connectivity index (χ0n) is 20.9. The van der Waals surface area contributed by atoms with E-state index in [-0.39, 0.29) is 22.4 Å². The van der Waals surface area contributed by atoms with Gasteiger partial charge in [0.2, 0.25) is 0 Å². The molecule has 2 aliphatic rings. The van der Waals surface area contributed by atoms with Crippen LogP contribution < -0.4 is 9.80 Å². The maximum atomic E-state index is 13.6. The lowest BCUT2D eigenvalue weighted by atomic mass is 10.0. The van der Waals surface area contributed by atoms with E-state index in [9.17, 15) is 27.6 Å². The van der Waals surface area contributed by atoms with E-state index in [4.69, 9.17) is 29.1 Å². The number of anilines is 2. The van der Waals surface area contributed by atoms with Crippen molar-refractivity contribution < 1.29 is 27.6 Å². The summed E-state index contributed by atoms with van der Waals surface area (Å²) in [5, 5.41) is 9.22. The van der Waals surface area contributed by atoms with Gasteiger partial charge in [-0.2, -0.15) is 18.4 Å². The van der Waals surface area contributed by atoms with Crippen molar-refractivity contribution in [1.82, 2.24) is 4.90 Å². The van der Waals surface area contributed by atoms with Gasteiger partial charge in [0.05, 0.1) is 40.6 Å². The van der Waals surface area contributed by atoms with Gasteiger partial charge in [-0.1, -0.05) is 29.8 Å². The summed E-state index contributed by atoms with van der Waals surface area (Å²) >= 11 is 12.1. The van der Waals surface area contributed by atoms with Crippen LogP contribution in [-0.2, 0) is 17.5 Å². The first kappa shape index (κ1) is 27.3. The molecule has 12 heteroatoms. The first-order chi connectivity index (χ1) is 18.8. The Labute approximate surface area is 236 Å². The number of nitriles is 1. The number of alkyl halides is 3. The summed E-state index contributed by atoms with van der Waals surface area (Å²) in [4.78, 5) is 42.5. The predicted molar refractivity (Wildman–Crippen MR) is 145 cm³/mol. The Morgan fingerprint density at radius 3 is 2.10 bits per heavy atom. The molecule has 0 aliphatic carbocycles. The minimum Gasteiger partial charge on any atom is -0.303 e. The van der Waals surface area contributed by atoms with Crippen LogP contribution in [0.25, 0.3) is 0 Å². The Hall–Kier alpha value is -4.27. The Morgan fingerprint density at radius 2 is 1.55 bits per heavy atom. The number of amides is 3. The van der Waals surface area contributed by atoms with Gasteiger partial charge in [0.15, 0.2) is 5.11 Å². The molecule has 3 amide bonds. The van der Waals surface area contributed by atoms with Crippen LogP contribution in [0.15, 0.2) is 60.7 Å². The largest absolute Gasteiger partial charge is 0.417 e. The average molecular weight is 583 g/mol. The third-order valence-electron chi connectivity index (χ3n) is 6.86. The van der Waals surface area contributed by atoms with Crippen molar-refractivity contribution in [3.63, 3.8) is 0 Å². The standard InChI is InChI=1S/C28H18ClF3N4O3S/c1-27(2)25(39)35(17-9-7-15(13-33)21(11-17)28(30,31)32)26(40)36(27)18-10-8-16(22(29)12-18)14-34-23(37)19-5-3-4-6-20(19)24(34)38/h3-12H,14H2,1-2H3. The van der Waals surface area contributed by atoms with Crippen LogP contribution in [0.3, 0.4) is 0 Å². The Kier molecular flexibility index (Phi) is 6.44. The molecule has 0 saturated carbocycles. The molecular formula is C28H18ClF3N4O3S. The smallest absolute Gasteiger partial charge is 0.303 e. The van der Waals surface area contributed by atoms with Crippen molar-refractivity contribution in [2.24, 2.45) is 0 Å². The molecule has 0 bridgehead atoms. The van der Waals surface area contributed by atoms with E-state index in [0.717, 1.165) is 21.9 Å². The van der Waals surface area contributed by atoms with Crippen molar-refractivity contribution in [2.75, 3.05) is 9.80 Å². The van der Waals surface area contributed by atoms with Crippen LogP contribution in [0, 0.1) is 11.3 Å². The molecule has 0 atom stereocenters. The molecule has 0 unspecified atom stereocenters. The maximum absolute atomic E-state index is 13.6. The van der Waals surface area contributed by atoms with Crippen LogP contribution in [0.2, 0.25) is 5.02 Å². The van der Waals surface area contributed by atoms with E-state index in [1.54, 1.807) is 50.2 Å². The highest BCUT2D eigenvalue weighted by Crippen LogP contribution is 2.40. The van der Waals surface area contributed by atoms with E-state index < -0.39 is 40.6 Å². The minimum atomic E-state index is -4.82. The lowest BCUT2D eigenvalue weighted by Crippen LogP contribution is -2.44. The van der Waals surface area contributed by atoms with Crippen LogP contribution in [0.4, 0.5) is 24.5 Å². The fraction of sp³-hybridized carbons (Fsp3) is 0.179. The van der Waals surface area contributed by atoms with Crippen molar-refractivity contribution in [3.05, 3.63) is 93.5 Å². The molecule has 1 fully saturated rings. The number of hydrogen-bond acceptors (Lipinski definition) is 5. The molecule has 40 heavy (non-hydrogen) atoms. The monoisotopic (exact) mass is 582 g/mol. The summed E-state index contributed by atoms with van der Waals surface area (Å²) in [7, 11) is 0. The van der Waals surface area contributed by atoms with Gasteiger partial charge in [-0.25, -0.2) is 0 Å². The summed E-state index contributed by atoms with van der Waals surface area (Å²) in [6, 6.07) is 15.7. The SMILES string of the molecule is CC1(C)C(=O)N(c2ccc(C#N)c(C(F)(F)F)c2)C(=S)N1c1ccc(CN2C(=O)c3ccccc3C2=O)c(Cl)c1. The zero-order valence-corrected chi connectivity index (χ0v) is 22.5. The molecule has 0 spiro atoms. The fourth-order valence-electron chi connectivity index (χ4n) is 4.82. The van der Waals surface area contributed by atoms with Gasteiger partial charge in [0, 0.05) is 10.7 Å². The number of imide groups is 1. The first-order valence-electron chi connectivity index (χ1n) is 11.8. The quantitative estimate of drug-likeness (QED) is 0.279. The molecule has 0 aromatic heterocycles. The molecule has 7 nitrogen and oxygen atoms in total. The second kappa shape index (κ2) is 9.43. The number of halogens is 4. The predicted octanol–water partition coefficient (Wildman–Crippen LogP) is 5.94. The number of hydrogen-bond donors (Lipinski definition) is 0. The molecule has 202 valence electrons. The molecule has 2 heterocycles. The van der Waals surface area contributed by atoms with Gasteiger partial charge >= 0.3 is 6.18 Å². The van der Waals surface area contributed by atoms with Gasteiger partial charge in [-0.05, 0) is 74.1 Å². The number of benzene rings is 3. The zero-order chi connectivity index (χ0) is 29.1. The lowest BCUT2D eigenvalue weighted by Gasteiger charge is -2.30. The number of carbonyl (C=O) groups excluding carboxylic acids is 3. The van der Waals surface area contributed by atoms with Gasteiger partial charge in [-0.15, -0.1) is 0 Å². The fourth-order valence-corrected chi connectivity index (χ4v) is 5.57. The Morgan fingerprint density at radius 1 is 0.950 bits per heavy atom. The van der Waals surface area contributed by atoms with Crippen molar-refractivity contribution in [2.45, 2.75) is 32.1 Å². The second-order valence-electron chi connectivity index (χ2n) is 9.67. The third-order valence-corrected chi connectivity index (χ3v) is 7.57. The molecule has 3 aromatic rings. The summed E-state index contributed by atoms with van der Waals surface area (Å²) < 4.78 is 40.8. The van der Waals surface area contributed by atoms with Crippen LogP contribution in [-0.4, -0.2) is 33.3 Å². The summed E-state index contributed by atoms with van der Waals surface area (Å²) in [6.45, 7) is 3.04. The van der Waals surface area contributed by atoms with Crippen LogP contribution >= 0.6 is 23.8 Å². The molecule has 0 N–H and O–H groups in total. The maximum Gasteiger partial charge on any atom is 0.417 e. The molecule has 2 aliphatic heterocycles. The number of carbonyl (C=O) groups is 3. The van der Waals surface area contributed by atoms with Gasteiger partial charge < -0.3 is 4.90 Å². The third kappa shape index (κ3) is 4.20. The van der Waals surface area contributed by atoms with E-state index in [2.05, 4.69) is 0 Å². The molecular weight excluding hydrogens is 565 g/mol. The normalized spacial score (nSPS) is 16.6. The average Bonchev–Trinajstić information content (AvgIpc) is 3.24. The van der Waals surface area contributed by atoms with Gasteiger partial charge in [0.1, 0.15) is 5.54 Å². The van der Waals surface area contributed by atoms with Gasteiger partial charge in [0.25, 0.3) is 17.7 Å². The van der Waals surface area contributed by atoms with E-state index in [1.165, 1.54) is 23.1 Å². The van der Waals surface area contributed by atoms with E-state index in [0.29, 0.717) is 22.4 Å². The van der Waals surface area contributed by atoms with Crippen molar-refractivity contribution >= 4 is 58.0 Å². The number of fused-ring (bicyclic) bond motifs is 1. The summed E-state index contributed by atoms with van der Waals surface area (Å²) in [5.74, 6) is -1.46. The Bertz CT molecular complexity index is 1650. The van der Waals surface area contributed by atoms with Crippen molar-refractivity contribution in [3.8, 4) is 6.07 Å². The van der Waals surface area contributed by atoms with Crippen LogP contribution in [0.5, 0.6) is 0 Å². The first-order valence-corrected chi connectivity index (χ1v) is 12.6. The van der Waals surface area contributed by atoms with E-state index >= 15 is 0 Å². The van der Waals surface area contributed by atoms with Gasteiger partial charge in [-0.3, -0.25) is 24.2 Å². The second-order valence-corrected chi connectivity index (χ2v) is 10.4. The number of nitrogens with zero attached hydrogens (tertiary/aromatic N) is 4. The Balaban J connectivity index is 1.46. The molecule has 0 radical (unpaired) electrons. The number of thiocarbonyl (C=S) groups is 1. The molecule has 1 saturated heterocycles. The highest BCUT2D eigenvalue weighted by atomic mass is 35.5. The summed E-state index contributed by atoms with van der Waals surface area (Å²) in [5.41, 5.74) is -1.74. The molecule has 3 aromatic carbocycles. The lowest BCUT2D eigenvalue weighted by molar-refractivity contribution is -0.137. The highest BCUT2D eigenvalue weighted by Gasteiger charge is 2.51. The summed E-state index contributed by atoms with van der Waals surface area (Å²) in [6.07, 6.45) is -4.82. The van der Waals surface area contributed by atoms with Crippen LogP contribution in [0.1, 0.15) is 51.3 Å². The topological polar surface area (TPSA) is 84.7 Å². The number of rotatable bonds is 4. The van der Waals surface area contributed by atoms with Crippen molar-refractivity contribution in [1.29, 1.82) is 5.26 Å². The molecule has 5 rings (SSSR count).